The van der Waals surface area contributed by atoms with E-state index in [9.17, 15) is 26.7 Å². The molecule has 2 aromatic rings. The Balaban J connectivity index is 2.21. The number of carbonyl (C=O) groups excluding carboxylic acids is 1. The van der Waals surface area contributed by atoms with Crippen molar-refractivity contribution in [2.24, 2.45) is 0 Å². The Morgan fingerprint density at radius 2 is 1.56 bits per heavy atom. The van der Waals surface area contributed by atoms with Crippen molar-refractivity contribution in [3.8, 4) is 5.75 Å². The lowest BCUT2D eigenvalue weighted by atomic mass is 10.1. The van der Waals surface area contributed by atoms with Crippen molar-refractivity contribution in [3.63, 3.8) is 0 Å². The fourth-order valence-electron chi connectivity index (χ4n) is 2.07. The Labute approximate surface area is 140 Å². The molecule has 0 aromatic heterocycles. The molecule has 0 radical (unpaired) electrons. The van der Waals surface area contributed by atoms with E-state index in [0.717, 1.165) is 18.4 Å². The molecule has 0 atom stereocenters. The van der Waals surface area contributed by atoms with Gasteiger partial charge in [0.1, 0.15) is 5.75 Å². The van der Waals surface area contributed by atoms with Crippen LogP contribution in [0, 0.1) is 17.5 Å². The molecule has 0 fully saturated rings. The van der Waals surface area contributed by atoms with Gasteiger partial charge in [0, 0.05) is 17.7 Å². The van der Waals surface area contributed by atoms with Crippen LogP contribution in [0.3, 0.4) is 0 Å². The standard InChI is InChI=1S/C18H13F5O2/c1-2-3-10-4-6-11(7-5-10)15(21)17(23)18(24)25-12-8-13(19)16(22)14(20)9-12/h4-9H,2-3H2,1H3/b17-15-. The molecule has 0 aliphatic rings. The van der Waals surface area contributed by atoms with Gasteiger partial charge in [-0.15, -0.1) is 0 Å². The SMILES string of the molecule is CCCc1ccc(/C(F)=C(/F)C(=O)Oc2cc(F)c(F)c(F)c2)cc1. The first kappa shape index (κ1) is 18.6. The number of carbonyl (C=O) groups is 1. The van der Waals surface area contributed by atoms with Crippen molar-refractivity contribution in [3.05, 3.63) is 70.8 Å². The Bertz CT molecular complexity index is 790. The Kier molecular flexibility index (Phi) is 5.90. The van der Waals surface area contributed by atoms with Gasteiger partial charge in [-0.05, 0) is 12.0 Å². The van der Waals surface area contributed by atoms with Crippen LogP contribution < -0.4 is 4.74 Å². The predicted molar refractivity (Wildman–Crippen MR) is 81.5 cm³/mol. The van der Waals surface area contributed by atoms with Gasteiger partial charge in [-0.25, -0.2) is 22.4 Å². The molecule has 7 heteroatoms. The summed E-state index contributed by atoms with van der Waals surface area (Å²) in [4.78, 5) is 11.6. The van der Waals surface area contributed by atoms with Crippen molar-refractivity contribution in [1.82, 2.24) is 0 Å². The molecule has 0 aliphatic heterocycles. The molecule has 25 heavy (non-hydrogen) atoms. The first-order chi connectivity index (χ1) is 11.8. The molecule has 0 N–H and O–H groups in total. The van der Waals surface area contributed by atoms with E-state index < -0.39 is 40.8 Å². The van der Waals surface area contributed by atoms with E-state index in [1.54, 1.807) is 12.1 Å². The third kappa shape index (κ3) is 4.43. The molecular formula is C18H13F5O2. The summed E-state index contributed by atoms with van der Waals surface area (Å²) in [7, 11) is 0. The van der Waals surface area contributed by atoms with Crippen LogP contribution in [0.4, 0.5) is 22.0 Å². The highest BCUT2D eigenvalue weighted by atomic mass is 19.2. The second kappa shape index (κ2) is 7.92. The topological polar surface area (TPSA) is 26.3 Å². The van der Waals surface area contributed by atoms with Crippen molar-refractivity contribution in [2.75, 3.05) is 0 Å². The van der Waals surface area contributed by atoms with Gasteiger partial charge in [-0.2, -0.15) is 4.39 Å². The molecule has 0 aliphatic carbocycles. The molecule has 0 bridgehead atoms. The number of aryl methyl sites for hydroxylation is 1. The molecule has 2 rings (SSSR count). The Morgan fingerprint density at radius 1 is 1.00 bits per heavy atom. The van der Waals surface area contributed by atoms with E-state index in [1.165, 1.54) is 12.1 Å². The summed E-state index contributed by atoms with van der Waals surface area (Å²) in [6.07, 6.45) is 1.64. The largest absolute Gasteiger partial charge is 0.421 e. The third-order valence-electron chi connectivity index (χ3n) is 3.29. The Morgan fingerprint density at radius 3 is 2.08 bits per heavy atom. The van der Waals surface area contributed by atoms with Gasteiger partial charge in [-0.1, -0.05) is 37.6 Å². The zero-order chi connectivity index (χ0) is 18.6. The molecule has 0 heterocycles. The van der Waals surface area contributed by atoms with E-state index in [1.807, 2.05) is 6.92 Å². The van der Waals surface area contributed by atoms with Crippen LogP contribution in [-0.4, -0.2) is 5.97 Å². The molecular weight excluding hydrogens is 343 g/mol. The molecule has 0 saturated carbocycles. The number of ether oxygens (including phenoxy) is 1. The summed E-state index contributed by atoms with van der Waals surface area (Å²) in [6.45, 7) is 1.96. The second-order valence-corrected chi connectivity index (χ2v) is 5.17. The summed E-state index contributed by atoms with van der Waals surface area (Å²) in [5.74, 6) is -10.9. The van der Waals surface area contributed by atoms with Crippen LogP contribution in [0.15, 0.2) is 42.2 Å². The van der Waals surface area contributed by atoms with Crippen molar-refractivity contribution < 1.29 is 31.5 Å². The number of rotatable bonds is 5. The van der Waals surface area contributed by atoms with E-state index in [2.05, 4.69) is 4.74 Å². The monoisotopic (exact) mass is 356 g/mol. The van der Waals surface area contributed by atoms with E-state index >= 15 is 0 Å². The molecule has 0 unspecified atom stereocenters. The van der Waals surface area contributed by atoms with Crippen LogP contribution in [0.5, 0.6) is 5.75 Å². The predicted octanol–water partition coefficient (Wildman–Crippen LogP) is 5.27. The molecule has 2 aromatic carbocycles. The lowest BCUT2D eigenvalue weighted by Gasteiger charge is -2.06. The minimum atomic E-state index is -1.87. The van der Waals surface area contributed by atoms with Crippen molar-refractivity contribution in [2.45, 2.75) is 19.8 Å². The van der Waals surface area contributed by atoms with Crippen molar-refractivity contribution >= 4 is 11.8 Å². The number of hydrogen-bond acceptors (Lipinski definition) is 2. The summed E-state index contributed by atoms with van der Waals surface area (Å²) >= 11 is 0. The highest BCUT2D eigenvalue weighted by Gasteiger charge is 2.21. The first-order valence-corrected chi connectivity index (χ1v) is 7.34. The van der Waals surface area contributed by atoms with Crippen molar-refractivity contribution in [1.29, 1.82) is 0 Å². The minimum absolute atomic E-state index is 0.189. The minimum Gasteiger partial charge on any atom is -0.421 e. The van der Waals surface area contributed by atoms with Crippen LogP contribution in [0.25, 0.3) is 5.83 Å². The highest BCUT2D eigenvalue weighted by molar-refractivity contribution is 5.94. The molecule has 2 nitrogen and oxygen atoms in total. The molecule has 0 amide bonds. The molecule has 132 valence electrons. The fraction of sp³-hybridized carbons (Fsp3) is 0.167. The van der Waals surface area contributed by atoms with Gasteiger partial charge in [0.25, 0.3) is 0 Å². The van der Waals surface area contributed by atoms with E-state index in [0.29, 0.717) is 12.1 Å². The molecule has 0 saturated heterocycles. The summed E-state index contributed by atoms with van der Waals surface area (Å²) < 4.78 is 71.1. The quantitative estimate of drug-likeness (QED) is 0.240. The zero-order valence-corrected chi connectivity index (χ0v) is 13.1. The van der Waals surface area contributed by atoms with Gasteiger partial charge in [-0.3, -0.25) is 0 Å². The zero-order valence-electron chi connectivity index (χ0n) is 13.1. The van der Waals surface area contributed by atoms with E-state index in [-0.39, 0.29) is 5.56 Å². The highest BCUT2D eigenvalue weighted by Crippen LogP contribution is 2.25. The van der Waals surface area contributed by atoms with Gasteiger partial charge >= 0.3 is 5.97 Å². The molecule has 0 spiro atoms. The summed E-state index contributed by atoms with van der Waals surface area (Å²) in [6, 6.07) is 6.46. The maximum Gasteiger partial charge on any atom is 0.375 e. The third-order valence-corrected chi connectivity index (χ3v) is 3.29. The van der Waals surface area contributed by atoms with Gasteiger partial charge in [0.05, 0.1) is 0 Å². The average Bonchev–Trinajstić information content (AvgIpc) is 2.59. The van der Waals surface area contributed by atoms with Gasteiger partial charge in [0.15, 0.2) is 23.3 Å². The number of hydrogen-bond donors (Lipinski definition) is 0. The first-order valence-electron chi connectivity index (χ1n) is 7.34. The lowest BCUT2D eigenvalue weighted by molar-refractivity contribution is -0.131. The maximum absolute atomic E-state index is 14.0. The van der Waals surface area contributed by atoms with Crippen LogP contribution in [0.2, 0.25) is 0 Å². The van der Waals surface area contributed by atoms with Gasteiger partial charge in [0.2, 0.25) is 5.83 Å². The maximum atomic E-state index is 14.0. The number of halogens is 5. The lowest BCUT2D eigenvalue weighted by Crippen LogP contribution is -2.10. The average molecular weight is 356 g/mol. The number of benzene rings is 2. The second-order valence-electron chi connectivity index (χ2n) is 5.17. The fourth-order valence-corrected chi connectivity index (χ4v) is 2.07. The van der Waals surface area contributed by atoms with Crippen LogP contribution in [-0.2, 0) is 11.2 Å². The smallest absolute Gasteiger partial charge is 0.375 e. The number of esters is 1. The van der Waals surface area contributed by atoms with Gasteiger partial charge < -0.3 is 4.74 Å². The van der Waals surface area contributed by atoms with E-state index in [4.69, 9.17) is 0 Å². The van der Waals surface area contributed by atoms with Crippen LogP contribution in [0.1, 0.15) is 24.5 Å². The summed E-state index contributed by atoms with van der Waals surface area (Å²) in [5.41, 5.74) is 0.727. The van der Waals surface area contributed by atoms with Crippen LogP contribution >= 0.6 is 0 Å². The Hall–Kier alpha value is -2.70. The summed E-state index contributed by atoms with van der Waals surface area (Å²) in [5, 5.41) is 0. The normalized spacial score (nSPS) is 11.9.